The molecule has 6 heteroatoms. The lowest BCUT2D eigenvalue weighted by Gasteiger charge is -2.12. The van der Waals surface area contributed by atoms with E-state index in [0.29, 0.717) is 34.5 Å². The molecule has 1 heterocycles. The fraction of sp³-hybridized carbons (Fsp3) is 0.190. The zero-order chi connectivity index (χ0) is 19.1. The molecule has 0 aliphatic heterocycles. The van der Waals surface area contributed by atoms with Crippen LogP contribution in [0.15, 0.2) is 60.7 Å². The molecule has 0 atom stereocenters. The van der Waals surface area contributed by atoms with Crippen LogP contribution in [0.2, 0.25) is 0 Å². The molecule has 0 fully saturated rings. The molecule has 0 aliphatic carbocycles. The van der Waals surface area contributed by atoms with Gasteiger partial charge in [0.25, 0.3) is 5.91 Å². The van der Waals surface area contributed by atoms with Gasteiger partial charge in [0.15, 0.2) is 5.75 Å². The van der Waals surface area contributed by atoms with Crippen LogP contribution >= 0.6 is 0 Å². The number of nitrogens with zero attached hydrogens (tertiary/aromatic N) is 2. The fourth-order valence-corrected chi connectivity index (χ4v) is 2.49. The molecule has 0 bridgehead atoms. The van der Waals surface area contributed by atoms with E-state index in [2.05, 4.69) is 27.5 Å². The topological polar surface area (TPSA) is 76.1 Å². The number of hydrogen-bond acceptors (Lipinski definition) is 5. The van der Waals surface area contributed by atoms with Crippen molar-refractivity contribution in [2.24, 2.45) is 0 Å². The monoisotopic (exact) mass is 362 g/mol. The highest BCUT2D eigenvalue weighted by molar-refractivity contribution is 6.04. The minimum Gasteiger partial charge on any atom is -0.455 e. The second kappa shape index (κ2) is 8.80. The number of amides is 1. The Morgan fingerprint density at radius 3 is 2.56 bits per heavy atom. The minimum absolute atomic E-state index is 0.301. The second-order valence-electron chi connectivity index (χ2n) is 5.98. The van der Waals surface area contributed by atoms with Crippen molar-refractivity contribution in [3.63, 3.8) is 0 Å². The molecule has 0 spiro atoms. The van der Waals surface area contributed by atoms with Crippen molar-refractivity contribution in [3.05, 3.63) is 72.2 Å². The largest absolute Gasteiger partial charge is 0.455 e. The standard InChI is InChI=1S/C21H22N4O2/c1-3-13-22-20-14-18(23-15(2)24-20)21(26)25-17-11-7-8-12-19(17)27-16-9-5-4-6-10-16/h4-12,14H,3,13H2,1-2H3,(H,25,26)(H,22,23,24). The summed E-state index contributed by atoms with van der Waals surface area (Å²) in [6.07, 6.45) is 0.967. The predicted molar refractivity (Wildman–Crippen MR) is 106 cm³/mol. The Balaban J connectivity index is 1.79. The summed E-state index contributed by atoms with van der Waals surface area (Å²) in [5, 5.41) is 6.06. The highest BCUT2D eigenvalue weighted by atomic mass is 16.5. The maximum absolute atomic E-state index is 12.7. The van der Waals surface area contributed by atoms with Crippen LogP contribution in [-0.2, 0) is 0 Å². The van der Waals surface area contributed by atoms with Crippen molar-refractivity contribution >= 4 is 17.4 Å². The SMILES string of the molecule is CCCNc1cc(C(=O)Nc2ccccc2Oc2ccccc2)nc(C)n1. The normalized spacial score (nSPS) is 10.3. The molecule has 138 valence electrons. The summed E-state index contributed by atoms with van der Waals surface area (Å²) >= 11 is 0. The van der Waals surface area contributed by atoms with Crippen LogP contribution < -0.4 is 15.4 Å². The van der Waals surface area contributed by atoms with Gasteiger partial charge in [0, 0.05) is 12.6 Å². The Bertz CT molecular complexity index is 913. The van der Waals surface area contributed by atoms with Gasteiger partial charge < -0.3 is 15.4 Å². The van der Waals surface area contributed by atoms with Crippen molar-refractivity contribution in [2.45, 2.75) is 20.3 Å². The third kappa shape index (κ3) is 5.04. The van der Waals surface area contributed by atoms with Crippen molar-refractivity contribution in [3.8, 4) is 11.5 Å². The summed E-state index contributed by atoms with van der Waals surface area (Å²) < 4.78 is 5.89. The maximum Gasteiger partial charge on any atom is 0.274 e. The second-order valence-corrected chi connectivity index (χ2v) is 5.98. The molecule has 0 saturated heterocycles. The van der Waals surface area contributed by atoms with Gasteiger partial charge >= 0.3 is 0 Å². The molecular weight excluding hydrogens is 340 g/mol. The van der Waals surface area contributed by atoms with Gasteiger partial charge in [-0.1, -0.05) is 37.3 Å². The highest BCUT2D eigenvalue weighted by Crippen LogP contribution is 2.29. The molecular formula is C21H22N4O2. The highest BCUT2D eigenvalue weighted by Gasteiger charge is 2.13. The molecule has 1 aromatic heterocycles. The average molecular weight is 362 g/mol. The Labute approximate surface area is 158 Å². The lowest BCUT2D eigenvalue weighted by molar-refractivity contribution is 0.102. The molecule has 3 rings (SSSR count). The van der Waals surface area contributed by atoms with Crippen LogP contribution in [0.5, 0.6) is 11.5 Å². The molecule has 6 nitrogen and oxygen atoms in total. The first-order valence-corrected chi connectivity index (χ1v) is 8.88. The quantitative estimate of drug-likeness (QED) is 0.640. The van der Waals surface area contributed by atoms with Gasteiger partial charge in [-0.25, -0.2) is 9.97 Å². The molecule has 2 N–H and O–H groups in total. The van der Waals surface area contributed by atoms with Crippen LogP contribution in [0, 0.1) is 6.92 Å². The van der Waals surface area contributed by atoms with E-state index in [0.717, 1.165) is 13.0 Å². The number of aryl methyl sites for hydroxylation is 1. The molecule has 3 aromatic rings. The molecule has 0 aliphatic rings. The summed E-state index contributed by atoms with van der Waals surface area (Å²) in [5.74, 6) is 2.12. The zero-order valence-electron chi connectivity index (χ0n) is 15.4. The van der Waals surface area contributed by atoms with E-state index in [9.17, 15) is 4.79 Å². The van der Waals surface area contributed by atoms with E-state index in [4.69, 9.17) is 4.74 Å². The fourth-order valence-electron chi connectivity index (χ4n) is 2.49. The number of aromatic nitrogens is 2. The Morgan fingerprint density at radius 2 is 1.78 bits per heavy atom. The molecule has 0 radical (unpaired) electrons. The Morgan fingerprint density at radius 1 is 1.04 bits per heavy atom. The van der Waals surface area contributed by atoms with Gasteiger partial charge in [0.2, 0.25) is 0 Å². The molecule has 2 aromatic carbocycles. The van der Waals surface area contributed by atoms with Gasteiger partial charge in [-0.15, -0.1) is 0 Å². The van der Waals surface area contributed by atoms with Gasteiger partial charge in [-0.05, 0) is 37.6 Å². The van der Waals surface area contributed by atoms with Crippen LogP contribution in [0.3, 0.4) is 0 Å². The number of rotatable bonds is 7. The smallest absolute Gasteiger partial charge is 0.274 e. The van der Waals surface area contributed by atoms with E-state index in [1.54, 1.807) is 19.1 Å². The number of nitrogens with one attached hydrogen (secondary N) is 2. The van der Waals surface area contributed by atoms with E-state index >= 15 is 0 Å². The van der Waals surface area contributed by atoms with Gasteiger partial charge in [-0.2, -0.15) is 0 Å². The molecule has 1 amide bonds. The van der Waals surface area contributed by atoms with Crippen LogP contribution in [0.4, 0.5) is 11.5 Å². The Hall–Kier alpha value is -3.41. The summed E-state index contributed by atoms with van der Waals surface area (Å²) in [4.78, 5) is 21.3. The van der Waals surface area contributed by atoms with E-state index in [-0.39, 0.29) is 5.91 Å². The molecule has 27 heavy (non-hydrogen) atoms. The maximum atomic E-state index is 12.7. The van der Waals surface area contributed by atoms with Crippen molar-refractivity contribution in [1.29, 1.82) is 0 Å². The number of carbonyl (C=O) groups excluding carboxylic acids is 1. The summed E-state index contributed by atoms with van der Waals surface area (Å²) in [6.45, 7) is 4.62. The van der Waals surface area contributed by atoms with Crippen LogP contribution in [0.1, 0.15) is 29.7 Å². The number of benzene rings is 2. The number of para-hydroxylation sites is 3. The summed E-state index contributed by atoms with van der Waals surface area (Å²) in [7, 11) is 0. The van der Waals surface area contributed by atoms with Gasteiger partial charge in [0.05, 0.1) is 5.69 Å². The predicted octanol–water partition coefficient (Wildman–Crippen LogP) is 4.65. The third-order valence-electron chi connectivity index (χ3n) is 3.73. The number of carbonyl (C=O) groups is 1. The van der Waals surface area contributed by atoms with Crippen molar-refractivity contribution in [2.75, 3.05) is 17.2 Å². The van der Waals surface area contributed by atoms with E-state index < -0.39 is 0 Å². The number of anilines is 2. The van der Waals surface area contributed by atoms with Gasteiger partial charge in [0.1, 0.15) is 23.1 Å². The number of hydrogen-bond donors (Lipinski definition) is 2. The lowest BCUT2D eigenvalue weighted by atomic mass is 10.2. The summed E-state index contributed by atoms with van der Waals surface area (Å²) in [6, 6.07) is 18.4. The third-order valence-corrected chi connectivity index (χ3v) is 3.73. The Kier molecular flexibility index (Phi) is 5.99. The average Bonchev–Trinajstić information content (AvgIpc) is 2.68. The first kappa shape index (κ1) is 18.4. The van der Waals surface area contributed by atoms with Crippen molar-refractivity contribution < 1.29 is 9.53 Å². The minimum atomic E-state index is -0.316. The van der Waals surface area contributed by atoms with Gasteiger partial charge in [-0.3, -0.25) is 4.79 Å². The van der Waals surface area contributed by atoms with E-state index in [1.165, 1.54) is 0 Å². The molecule has 0 saturated carbocycles. The first-order chi connectivity index (χ1) is 13.2. The van der Waals surface area contributed by atoms with Crippen molar-refractivity contribution in [1.82, 2.24) is 9.97 Å². The zero-order valence-corrected chi connectivity index (χ0v) is 15.4. The van der Waals surface area contributed by atoms with E-state index in [1.807, 2.05) is 48.5 Å². The van der Waals surface area contributed by atoms with Crippen LogP contribution in [0.25, 0.3) is 0 Å². The first-order valence-electron chi connectivity index (χ1n) is 8.88. The summed E-state index contributed by atoms with van der Waals surface area (Å²) in [5.41, 5.74) is 0.876. The number of ether oxygens (including phenoxy) is 1. The van der Waals surface area contributed by atoms with Crippen LogP contribution in [-0.4, -0.2) is 22.4 Å². The molecule has 0 unspecified atom stereocenters. The lowest BCUT2D eigenvalue weighted by Crippen LogP contribution is -2.16.